The van der Waals surface area contributed by atoms with Crippen molar-refractivity contribution in [1.29, 1.82) is 0 Å². The molecule has 0 atom stereocenters. The first-order chi connectivity index (χ1) is 11.8. The molecule has 6 heteroatoms. The van der Waals surface area contributed by atoms with Gasteiger partial charge in [0.05, 0.1) is 5.56 Å². The summed E-state index contributed by atoms with van der Waals surface area (Å²) >= 11 is 1.50. The minimum Gasteiger partial charge on any atom is -0.349 e. The fraction of sp³-hybridized carbons (Fsp3) is 0.389. The molecule has 0 aliphatic carbocycles. The van der Waals surface area contributed by atoms with Gasteiger partial charge in [0.25, 0.3) is 5.91 Å². The summed E-state index contributed by atoms with van der Waals surface area (Å²) in [7, 11) is 0. The number of carbonyl (C=O) groups is 1. The van der Waals surface area contributed by atoms with E-state index in [1.807, 2.05) is 30.8 Å². The lowest BCUT2D eigenvalue weighted by atomic mass is 10.0. The van der Waals surface area contributed by atoms with Crippen molar-refractivity contribution in [2.45, 2.75) is 30.5 Å². The second kappa shape index (κ2) is 8.26. The number of nitrogens with zero attached hydrogens (tertiary/aromatic N) is 3. The summed E-state index contributed by atoms with van der Waals surface area (Å²) in [6.07, 6.45) is 9.29. The number of hydrogen-bond acceptors (Lipinski definition) is 5. The predicted molar refractivity (Wildman–Crippen MR) is 96.0 cm³/mol. The van der Waals surface area contributed by atoms with Crippen LogP contribution in [0.2, 0.25) is 0 Å². The molecule has 24 heavy (non-hydrogen) atoms. The summed E-state index contributed by atoms with van der Waals surface area (Å²) in [5.74, 6) is -0.0139. The molecule has 3 heterocycles. The van der Waals surface area contributed by atoms with Gasteiger partial charge in [-0.3, -0.25) is 14.7 Å². The van der Waals surface area contributed by atoms with Crippen molar-refractivity contribution in [3.63, 3.8) is 0 Å². The molecule has 0 radical (unpaired) electrons. The maximum absolute atomic E-state index is 12.5. The number of carbonyl (C=O) groups excluding carboxylic acids is 1. The minimum absolute atomic E-state index is 0.0139. The van der Waals surface area contributed by atoms with Gasteiger partial charge in [-0.05, 0) is 48.9 Å². The molecule has 1 aliphatic heterocycles. The zero-order valence-electron chi connectivity index (χ0n) is 13.8. The minimum atomic E-state index is -0.0139. The Morgan fingerprint density at radius 2 is 2.00 bits per heavy atom. The Morgan fingerprint density at radius 3 is 2.71 bits per heavy atom. The second-order valence-corrected chi connectivity index (χ2v) is 6.73. The van der Waals surface area contributed by atoms with Gasteiger partial charge in [-0.15, -0.1) is 11.8 Å². The van der Waals surface area contributed by atoms with Gasteiger partial charge in [0.1, 0.15) is 5.03 Å². The normalized spacial score (nSPS) is 16.0. The fourth-order valence-electron chi connectivity index (χ4n) is 2.97. The van der Waals surface area contributed by atoms with E-state index in [-0.39, 0.29) is 11.9 Å². The molecule has 2 aromatic heterocycles. The quantitative estimate of drug-likeness (QED) is 0.847. The van der Waals surface area contributed by atoms with E-state index < -0.39 is 0 Å². The molecule has 0 aromatic carbocycles. The van der Waals surface area contributed by atoms with E-state index in [1.165, 1.54) is 17.3 Å². The highest BCUT2D eigenvalue weighted by Gasteiger charge is 2.22. The summed E-state index contributed by atoms with van der Waals surface area (Å²) in [6.45, 7) is 2.94. The summed E-state index contributed by atoms with van der Waals surface area (Å²) in [5, 5.41) is 3.95. The van der Waals surface area contributed by atoms with Gasteiger partial charge in [0.2, 0.25) is 0 Å². The van der Waals surface area contributed by atoms with Crippen molar-refractivity contribution in [1.82, 2.24) is 20.2 Å². The standard InChI is InChI=1S/C18H22N4OS/c1-24-18-16(3-2-8-20-18)17(23)21-15-6-11-22(12-7-15)13-14-4-9-19-10-5-14/h2-5,8-10,15H,6-7,11-13H2,1H3,(H,21,23). The molecule has 1 aliphatic rings. The van der Waals surface area contributed by atoms with Crippen LogP contribution in [-0.2, 0) is 6.54 Å². The third kappa shape index (κ3) is 4.33. The smallest absolute Gasteiger partial charge is 0.254 e. The number of thioether (sulfide) groups is 1. The molecule has 0 saturated carbocycles. The van der Waals surface area contributed by atoms with Gasteiger partial charge in [0, 0.05) is 44.3 Å². The van der Waals surface area contributed by atoms with Crippen molar-refractivity contribution >= 4 is 17.7 Å². The lowest BCUT2D eigenvalue weighted by molar-refractivity contribution is 0.0905. The number of aromatic nitrogens is 2. The number of rotatable bonds is 5. The Balaban J connectivity index is 1.51. The lowest BCUT2D eigenvalue weighted by Crippen LogP contribution is -2.44. The summed E-state index contributed by atoms with van der Waals surface area (Å²) < 4.78 is 0. The largest absolute Gasteiger partial charge is 0.349 e. The molecule has 0 bridgehead atoms. The topological polar surface area (TPSA) is 58.1 Å². The predicted octanol–water partition coefficient (Wildman–Crippen LogP) is 2.59. The maximum atomic E-state index is 12.5. The van der Waals surface area contributed by atoms with Crippen molar-refractivity contribution in [2.75, 3.05) is 19.3 Å². The Hall–Kier alpha value is -1.92. The summed E-state index contributed by atoms with van der Waals surface area (Å²) in [4.78, 5) is 23.2. The Morgan fingerprint density at radius 1 is 1.25 bits per heavy atom. The van der Waals surface area contributed by atoms with E-state index in [1.54, 1.807) is 6.20 Å². The molecule has 2 aromatic rings. The van der Waals surface area contributed by atoms with Crippen LogP contribution in [0, 0.1) is 0 Å². The van der Waals surface area contributed by atoms with E-state index in [2.05, 4.69) is 32.3 Å². The summed E-state index contributed by atoms with van der Waals surface area (Å²) in [5.41, 5.74) is 1.96. The number of likely N-dealkylation sites (tertiary alicyclic amines) is 1. The van der Waals surface area contributed by atoms with Crippen molar-refractivity contribution in [2.24, 2.45) is 0 Å². The van der Waals surface area contributed by atoms with Crippen molar-refractivity contribution in [3.8, 4) is 0 Å². The van der Waals surface area contributed by atoms with Crippen LogP contribution < -0.4 is 5.32 Å². The van der Waals surface area contributed by atoms with Crippen LogP contribution in [0.3, 0.4) is 0 Å². The first-order valence-electron chi connectivity index (χ1n) is 8.17. The second-order valence-electron chi connectivity index (χ2n) is 5.94. The number of amides is 1. The SMILES string of the molecule is CSc1ncccc1C(=O)NC1CCN(Cc2ccncc2)CC1. The zero-order chi connectivity index (χ0) is 16.8. The van der Waals surface area contributed by atoms with Gasteiger partial charge in [0.15, 0.2) is 0 Å². The molecule has 1 amide bonds. The van der Waals surface area contributed by atoms with Crippen molar-refractivity contribution in [3.05, 3.63) is 54.0 Å². The monoisotopic (exact) mass is 342 g/mol. The average molecular weight is 342 g/mol. The molecule has 1 saturated heterocycles. The molecule has 0 unspecified atom stereocenters. The molecule has 0 spiro atoms. The highest BCUT2D eigenvalue weighted by atomic mass is 32.2. The van der Waals surface area contributed by atoms with Gasteiger partial charge in [-0.25, -0.2) is 4.98 Å². The number of nitrogens with one attached hydrogen (secondary N) is 1. The molecule has 1 N–H and O–H groups in total. The fourth-order valence-corrected chi connectivity index (χ4v) is 3.52. The van der Waals surface area contributed by atoms with E-state index in [0.29, 0.717) is 5.56 Å². The van der Waals surface area contributed by atoms with Gasteiger partial charge in [-0.1, -0.05) is 0 Å². The lowest BCUT2D eigenvalue weighted by Gasteiger charge is -2.32. The molecule has 3 rings (SSSR count). The first kappa shape index (κ1) is 16.9. The molecular weight excluding hydrogens is 320 g/mol. The third-order valence-corrected chi connectivity index (χ3v) is 5.00. The van der Waals surface area contributed by atoms with Crippen LogP contribution in [0.25, 0.3) is 0 Å². The van der Waals surface area contributed by atoms with Crippen LogP contribution in [0.5, 0.6) is 0 Å². The van der Waals surface area contributed by atoms with E-state index in [4.69, 9.17) is 0 Å². The molecule has 126 valence electrons. The Kier molecular flexibility index (Phi) is 5.82. The van der Waals surface area contributed by atoms with E-state index in [9.17, 15) is 4.79 Å². The van der Waals surface area contributed by atoms with Crippen LogP contribution in [0.1, 0.15) is 28.8 Å². The van der Waals surface area contributed by atoms with Gasteiger partial charge < -0.3 is 5.32 Å². The van der Waals surface area contributed by atoms with E-state index in [0.717, 1.165) is 37.5 Å². The van der Waals surface area contributed by atoms with Gasteiger partial charge >= 0.3 is 0 Å². The van der Waals surface area contributed by atoms with Crippen molar-refractivity contribution < 1.29 is 4.79 Å². The number of pyridine rings is 2. The average Bonchev–Trinajstić information content (AvgIpc) is 2.64. The zero-order valence-corrected chi connectivity index (χ0v) is 14.6. The highest BCUT2D eigenvalue weighted by Crippen LogP contribution is 2.18. The van der Waals surface area contributed by atoms with Crippen LogP contribution in [0.15, 0.2) is 47.9 Å². The molecule has 1 fully saturated rings. The van der Waals surface area contributed by atoms with Gasteiger partial charge in [-0.2, -0.15) is 0 Å². The maximum Gasteiger partial charge on any atom is 0.254 e. The third-order valence-electron chi connectivity index (χ3n) is 4.29. The highest BCUT2D eigenvalue weighted by molar-refractivity contribution is 7.98. The van der Waals surface area contributed by atoms with Crippen LogP contribution in [0.4, 0.5) is 0 Å². The van der Waals surface area contributed by atoms with E-state index >= 15 is 0 Å². The number of piperidine rings is 1. The molecule has 5 nitrogen and oxygen atoms in total. The Labute approximate surface area is 146 Å². The first-order valence-corrected chi connectivity index (χ1v) is 9.40. The van der Waals surface area contributed by atoms with Crippen LogP contribution in [-0.4, -0.2) is 46.2 Å². The summed E-state index contributed by atoms with van der Waals surface area (Å²) in [6, 6.07) is 8.00. The number of hydrogen-bond donors (Lipinski definition) is 1. The molecular formula is C18H22N4OS. The Bertz CT molecular complexity index is 672. The van der Waals surface area contributed by atoms with Crippen LogP contribution >= 0.6 is 11.8 Å².